The van der Waals surface area contributed by atoms with Crippen LogP contribution in [0.2, 0.25) is 0 Å². The molecule has 75 heavy (non-hydrogen) atoms. The zero-order valence-electron chi connectivity index (χ0n) is 41.1. The van der Waals surface area contributed by atoms with E-state index in [4.69, 9.17) is 4.42 Å². The molecule has 0 fully saturated rings. The van der Waals surface area contributed by atoms with E-state index in [1.807, 2.05) is 12.1 Å². The second-order valence-electron chi connectivity index (χ2n) is 19.6. The van der Waals surface area contributed by atoms with Crippen LogP contribution in [0.15, 0.2) is 302 Å². The van der Waals surface area contributed by atoms with Gasteiger partial charge in [0.25, 0.3) is 0 Å². The molecule has 0 bridgehead atoms. The van der Waals surface area contributed by atoms with Crippen molar-refractivity contribution in [3.63, 3.8) is 0 Å². The van der Waals surface area contributed by atoms with Gasteiger partial charge >= 0.3 is 0 Å². The number of furan rings is 1. The van der Waals surface area contributed by atoms with Crippen LogP contribution in [0, 0.1) is 0 Å². The van der Waals surface area contributed by atoms with Crippen LogP contribution in [0.4, 0.5) is 17.1 Å². The number of para-hydroxylation sites is 1. The Morgan fingerprint density at radius 2 is 0.520 bits per heavy atom. The molecule has 0 saturated carbocycles. The maximum Gasteiger partial charge on any atom is 0.179 e. The van der Waals surface area contributed by atoms with Crippen LogP contribution in [-0.2, 0) is 0 Å². The van der Waals surface area contributed by atoms with Crippen molar-refractivity contribution in [1.82, 2.24) is 0 Å². The molecule has 2 nitrogen and oxygen atoms in total. The molecule has 14 aromatic rings. The van der Waals surface area contributed by atoms with Gasteiger partial charge in [-0.1, -0.05) is 237 Å². The van der Waals surface area contributed by atoms with Crippen molar-refractivity contribution in [3.05, 3.63) is 297 Å². The predicted octanol–water partition coefficient (Wildman–Crippen LogP) is 16.9. The molecular weight excluding hydrogens is 923 g/mol. The molecule has 13 aromatic carbocycles. The first kappa shape index (κ1) is 44.2. The topological polar surface area (TPSA) is 16.4 Å². The number of hydrogen-bond acceptors (Lipinski definition) is 2. The monoisotopic (exact) mass is 971 g/mol. The van der Waals surface area contributed by atoms with Crippen LogP contribution in [0.25, 0.3) is 87.6 Å². The lowest BCUT2D eigenvalue weighted by atomic mass is 9.92. The van der Waals surface area contributed by atoms with Crippen LogP contribution >= 0.6 is 0 Å². The van der Waals surface area contributed by atoms with E-state index in [0.29, 0.717) is 0 Å². The molecule has 352 valence electrons. The molecule has 0 atom stereocenters. The molecule has 0 N–H and O–H groups in total. The molecule has 1 aromatic heterocycles. The van der Waals surface area contributed by atoms with Crippen molar-refractivity contribution in [2.75, 3.05) is 4.90 Å². The summed E-state index contributed by atoms with van der Waals surface area (Å²) in [5, 5.41) is 15.4. The highest BCUT2D eigenvalue weighted by Crippen LogP contribution is 2.41. The summed E-state index contributed by atoms with van der Waals surface area (Å²) in [6, 6.07) is 109. The molecular formula is C72H49NOSi. The van der Waals surface area contributed by atoms with Crippen molar-refractivity contribution >= 4 is 100 Å². The van der Waals surface area contributed by atoms with Crippen molar-refractivity contribution in [2.45, 2.75) is 0 Å². The summed E-state index contributed by atoms with van der Waals surface area (Å²) < 4.78 is 6.30. The van der Waals surface area contributed by atoms with Gasteiger partial charge in [-0.2, -0.15) is 0 Å². The van der Waals surface area contributed by atoms with E-state index in [1.54, 1.807) is 0 Å². The van der Waals surface area contributed by atoms with E-state index in [-0.39, 0.29) is 0 Å². The number of nitrogens with zero attached hydrogens (tertiary/aromatic N) is 1. The van der Waals surface area contributed by atoms with Gasteiger partial charge in [-0.15, -0.1) is 0 Å². The minimum absolute atomic E-state index is 0.896. The second-order valence-corrected chi connectivity index (χ2v) is 23.4. The SMILES string of the molecule is c1ccc([Si](c2ccccc2)(c2ccccc2)c2ccc(-c3ccc(N(c4ccc(-c5ccc6c(c5)oc5ccccc56)cc4)c4ccc(-c5ccc6c7ccccc7c7ccccc7c6c5)cc4)cc3)cc2)cc1. The Bertz CT molecular complexity index is 4230. The fourth-order valence-corrected chi connectivity index (χ4v) is 16.6. The third kappa shape index (κ3) is 7.64. The van der Waals surface area contributed by atoms with Crippen LogP contribution in [-0.4, -0.2) is 8.07 Å². The third-order valence-electron chi connectivity index (χ3n) is 15.4. The molecule has 0 spiro atoms. The predicted molar refractivity (Wildman–Crippen MR) is 321 cm³/mol. The van der Waals surface area contributed by atoms with Crippen molar-refractivity contribution < 1.29 is 4.42 Å². The summed E-state index contributed by atoms with van der Waals surface area (Å²) in [6.07, 6.45) is 0. The largest absolute Gasteiger partial charge is 0.456 e. The smallest absolute Gasteiger partial charge is 0.179 e. The minimum atomic E-state index is -2.64. The quantitative estimate of drug-likeness (QED) is 0.0771. The lowest BCUT2D eigenvalue weighted by molar-refractivity contribution is 0.669. The van der Waals surface area contributed by atoms with E-state index in [9.17, 15) is 0 Å². The van der Waals surface area contributed by atoms with Crippen LogP contribution in [0.3, 0.4) is 0 Å². The van der Waals surface area contributed by atoms with Gasteiger partial charge in [-0.3, -0.25) is 0 Å². The normalized spacial score (nSPS) is 11.7. The highest BCUT2D eigenvalue weighted by atomic mass is 28.3. The highest BCUT2D eigenvalue weighted by Gasteiger charge is 2.41. The van der Waals surface area contributed by atoms with Crippen LogP contribution in [0.5, 0.6) is 0 Å². The lowest BCUT2D eigenvalue weighted by Crippen LogP contribution is -2.74. The summed E-state index contributed by atoms with van der Waals surface area (Å²) >= 11 is 0. The molecule has 0 radical (unpaired) electrons. The Morgan fingerprint density at radius 1 is 0.213 bits per heavy atom. The maximum absolute atomic E-state index is 6.30. The Labute approximate surface area is 437 Å². The summed E-state index contributed by atoms with van der Waals surface area (Å²) in [6.45, 7) is 0. The van der Waals surface area contributed by atoms with E-state index in [1.165, 1.54) is 75.3 Å². The standard InChI is InChI=1S/C72H49NOSi/c1-4-16-59(17-5-1)75(60-18-6-2-7-19-60,61-20-8-3-9-21-61)62-44-34-51(35-45-62)50-28-38-56(39-29-50)73(58-42-32-53(33-43-58)55-37-47-69-68-26-14-15-27-71(68)74-72(69)49-55)57-40-30-52(31-41-57)54-36-46-67-65-24-11-10-22-63(65)64-23-12-13-25-66(64)70(67)48-54/h1-49H. The zero-order chi connectivity index (χ0) is 49.7. The molecule has 0 aliphatic heterocycles. The average Bonchev–Trinajstić information content (AvgIpc) is 3.90. The Balaban J connectivity index is 0.833. The lowest BCUT2D eigenvalue weighted by Gasteiger charge is -2.34. The van der Waals surface area contributed by atoms with Gasteiger partial charge < -0.3 is 9.32 Å². The van der Waals surface area contributed by atoms with Gasteiger partial charge in [0.1, 0.15) is 11.2 Å². The number of hydrogen-bond donors (Lipinski definition) is 0. The zero-order valence-corrected chi connectivity index (χ0v) is 42.1. The minimum Gasteiger partial charge on any atom is -0.456 e. The van der Waals surface area contributed by atoms with Crippen molar-refractivity contribution in [3.8, 4) is 33.4 Å². The van der Waals surface area contributed by atoms with Gasteiger partial charge in [0.2, 0.25) is 0 Å². The van der Waals surface area contributed by atoms with Gasteiger partial charge in [0.05, 0.1) is 0 Å². The molecule has 14 rings (SSSR count). The van der Waals surface area contributed by atoms with Crippen molar-refractivity contribution in [1.29, 1.82) is 0 Å². The highest BCUT2D eigenvalue weighted by molar-refractivity contribution is 7.19. The van der Waals surface area contributed by atoms with Gasteiger partial charge in [0.15, 0.2) is 8.07 Å². The van der Waals surface area contributed by atoms with E-state index < -0.39 is 8.07 Å². The Kier molecular flexibility index (Phi) is 10.9. The van der Waals surface area contributed by atoms with E-state index >= 15 is 0 Å². The van der Waals surface area contributed by atoms with Gasteiger partial charge in [0, 0.05) is 27.8 Å². The maximum atomic E-state index is 6.30. The average molecular weight is 972 g/mol. The molecule has 0 aliphatic carbocycles. The van der Waals surface area contributed by atoms with Crippen LogP contribution < -0.4 is 25.6 Å². The van der Waals surface area contributed by atoms with E-state index in [2.05, 4.69) is 290 Å². The van der Waals surface area contributed by atoms with Gasteiger partial charge in [-0.25, -0.2) is 0 Å². The second kappa shape index (κ2) is 18.5. The summed E-state index contributed by atoms with van der Waals surface area (Å²) in [4.78, 5) is 2.36. The first-order chi connectivity index (χ1) is 37.2. The molecule has 0 aliphatic rings. The molecule has 0 saturated heterocycles. The Hall–Kier alpha value is -9.54. The molecule has 3 heteroatoms. The van der Waals surface area contributed by atoms with E-state index in [0.717, 1.165) is 50.1 Å². The number of benzene rings is 13. The fourth-order valence-electron chi connectivity index (χ4n) is 11.8. The first-order valence-corrected chi connectivity index (χ1v) is 27.8. The number of rotatable bonds is 10. The van der Waals surface area contributed by atoms with Crippen molar-refractivity contribution in [2.24, 2.45) is 0 Å². The van der Waals surface area contributed by atoms with Crippen LogP contribution in [0.1, 0.15) is 0 Å². The third-order valence-corrected chi connectivity index (χ3v) is 20.2. The summed E-state index contributed by atoms with van der Waals surface area (Å²) in [5.41, 5.74) is 12.0. The first-order valence-electron chi connectivity index (χ1n) is 25.8. The molecule has 1 heterocycles. The number of fused-ring (bicyclic) bond motifs is 9. The molecule has 0 unspecified atom stereocenters. The Morgan fingerprint density at radius 3 is 0.987 bits per heavy atom. The van der Waals surface area contributed by atoms with Gasteiger partial charge in [-0.05, 0) is 147 Å². The summed E-state index contributed by atoms with van der Waals surface area (Å²) in [7, 11) is -2.64. The fraction of sp³-hybridized carbons (Fsp3) is 0. The summed E-state index contributed by atoms with van der Waals surface area (Å²) in [5.74, 6) is 0. The molecule has 0 amide bonds. The number of anilines is 3.